The molecule has 9 heteroatoms. The molecule has 1 amide bonds. The summed E-state index contributed by atoms with van der Waals surface area (Å²) in [5, 5.41) is 10.6. The molecule has 1 atom stereocenters. The zero-order chi connectivity index (χ0) is 22.3. The fourth-order valence-corrected chi connectivity index (χ4v) is 4.29. The standard InChI is InChI=1S/C23H28Cl2N4O3/c24-20-2-1-17(27-11-15-3-6-31-7-4-15)9-18(20)19-10-22(28-13-21(19)25)29-23(30)16-12-26-5-8-32-14-16/h1-2,9-10,13,15-16,26-27H,3-8,11-12,14H2,(H,28,29,30)/t16-/m0/s1. The summed E-state index contributed by atoms with van der Waals surface area (Å²) < 4.78 is 10.9. The summed E-state index contributed by atoms with van der Waals surface area (Å²) >= 11 is 13.0. The van der Waals surface area contributed by atoms with Crippen LogP contribution in [-0.2, 0) is 14.3 Å². The highest BCUT2D eigenvalue weighted by Crippen LogP contribution is 2.36. The minimum Gasteiger partial charge on any atom is -0.385 e. The van der Waals surface area contributed by atoms with Crippen LogP contribution in [-0.4, -0.2) is 57.0 Å². The fraction of sp³-hybridized carbons (Fsp3) is 0.478. The molecule has 4 rings (SSSR count). The summed E-state index contributed by atoms with van der Waals surface area (Å²) in [6.45, 7) is 4.82. The van der Waals surface area contributed by atoms with Crippen LogP contribution in [0.4, 0.5) is 11.5 Å². The van der Waals surface area contributed by atoms with Crippen LogP contribution in [0.1, 0.15) is 12.8 Å². The first-order valence-electron chi connectivity index (χ1n) is 11.0. The highest BCUT2D eigenvalue weighted by molar-refractivity contribution is 6.36. The molecule has 0 bridgehead atoms. The largest absolute Gasteiger partial charge is 0.385 e. The number of nitrogens with zero attached hydrogens (tertiary/aromatic N) is 1. The van der Waals surface area contributed by atoms with Crippen molar-refractivity contribution in [3.05, 3.63) is 40.5 Å². The number of carbonyl (C=O) groups excluding carboxylic acids is 1. The van der Waals surface area contributed by atoms with Gasteiger partial charge in [0, 0.05) is 60.9 Å². The number of benzene rings is 1. The Morgan fingerprint density at radius 3 is 2.75 bits per heavy atom. The van der Waals surface area contributed by atoms with E-state index in [0.29, 0.717) is 47.1 Å². The summed E-state index contributed by atoms with van der Waals surface area (Å²) in [6.07, 6.45) is 3.66. The van der Waals surface area contributed by atoms with Crippen LogP contribution in [0.15, 0.2) is 30.5 Å². The van der Waals surface area contributed by atoms with E-state index < -0.39 is 0 Å². The van der Waals surface area contributed by atoms with Crippen molar-refractivity contribution >= 4 is 40.6 Å². The number of hydrogen-bond acceptors (Lipinski definition) is 6. The topological polar surface area (TPSA) is 84.5 Å². The molecule has 1 aromatic carbocycles. The number of amides is 1. The predicted octanol–water partition coefficient (Wildman–Crippen LogP) is 4.07. The summed E-state index contributed by atoms with van der Waals surface area (Å²) in [4.78, 5) is 16.9. The average Bonchev–Trinajstić information content (AvgIpc) is 3.10. The lowest BCUT2D eigenvalue weighted by atomic mass is 10.00. The van der Waals surface area contributed by atoms with Crippen molar-refractivity contribution in [1.29, 1.82) is 0 Å². The Labute approximate surface area is 198 Å². The fourth-order valence-electron chi connectivity index (χ4n) is 3.87. The molecule has 2 fully saturated rings. The van der Waals surface area contributed by atoms with Gasteiger partial charge in [0.15, 0.2) is 0 Å². The van der Waals surface area contributed by atoms with Crippen LogP contribution < -0.4 is 16.0 Å². The van der Waals surface area contributed by atoms with E-state index in [1.807, 2.05) is 18.2 Å². The van der Waals surface area contributed by atoms with Gasteiger partial charge in [-0.15, -0.1) is 0 Å². The maximum absolute atomic E-state index is 12.7. The van der Waals surface area contributed by atoms with Gasteiger partial charge in [-0.2, -0.15) is 0 Å². The number of aromatic nitrogens is 1. The van der Waals surface area contributed by atoms with Gasteiger partial charge in [-0.3, -0.25) is 4.79 Å². The van der Waals surface area contributed by atoms with Crippen molar-refractivity contribution in [1.82, 2.24) is 10.3 Å². The van der Waals surface area contributed by atoms with Gasteiger partial charge in [0.25, 0.3) is 0 Å². The third-order valence-electron chi connectivity index (χ3n) is 5.80. The molecule has 0 spiro atoms. The third kappa shape index (κ3) is 6.11. The second-order valence-electron chi connectivity index (χ2n) is 8.15. The average molecular weight is 479 g/mol. The zero-order valence-electron chi connectivity index (χ0n) is 17.8. The molecular formula is C23H28Cl2N4O3. The Balaban J connectivity index is 1.49. The molecule has 0 aliphatic carbocycles. The van der Waals surface area contributed by atoms with Crippen molar-refractivity contribution in [2.75, 3.05) is 56.7 Å². The van der Waals surface area contributed by atoms with Crippen LogP contribution in [0.5, 0.6) is 0 Å². The third-order valence-corrected chi connectivity index (χ3v) is 6.43. The Kier molecular flexibility index (Phi) is 8.21. The van der Waals surface area contributed by atoms with Crippen LogP contribution >= 0.6 is 23.2 Å². The second-order valence-corrected chi connectivity index (χ2v) is 8.96. The first-order chi connectivity index (χ1) is 15.6. The van der Waals surface area contributed by atoms with Crippen LogP contribution in [0.3, 0.4) is 0 Å². The minimum atomic E-state index is -0.278. The van der Waals surface area contributed by atoms with Gasteiger partial charge in [-0.25, -0.2) is 4.98 Å². The van der Waals surface area contributed by atoms with E-state index >= 15 is 0 Å². The molecule has 0 saturated carbocycles. The number of hydrogen-bond donors (Lipinski definition) is 3. The molecule has 0 radical (unpaired) electrons. The lowest BCUT2D eigenvalue weighted by Crippen LogP contribution is -2.33. The molecule has 2 saturated heterocycles. The number of carbonyl (C=O) groups is 1. The van der Waals surface area contributed by atoms with E-state index in [-0.39, 0.29) is 11.8 Å². The SMILES string of the molecule is O=C(Nc1cc(-c2cc(NCC3CCOCC3)ccc2Cl)c(Cl)cn1)[C@H]1CNCCOC1. The highest BCUT2D eigenvalue weighted by Gasteiger charge is 2.22. The molecule has 3 heterocycles. The van der Waals surface area contributed by atoms with Gasteiger partial charge >= 0.3 is 0 Å². The Bertz CT molecular complexity index is 929. The Hall–Kier alpha value is -1.90. The molecule has 2 aliphatic rings. The van der Waals surface area contributed by atoms with E-state index in [9.17, 15) is 4.79 Å². The minimum absolute atomic E-state index is 0.141. The van der Waals surface area contributed by atoms with E-state index in [1.165, 1.54) is 6.20 Å². The Morgan fingerprint density at radius 1 is 1.09 bits per heavy atom. The number of rotatable bonds is 6. The lowest BCUT2D eigenvalue weighted by molar-refractivity contribution is -0.121. The van der Waals surface area contributed by atoms with Gasteiger partial charge < -0.3 is 25.4 Å². The van der Waals surface area contributed by atoms with E-state index in [4.69, 9.17) is 32.7 Å². The lowest BCUT2D eigenvalue weighted by Gasteiger charge is -2.23. The first kappa shape index (κ1) is 23.3. The smallest absolute Gasteiger partial charge is 0.232 e. The summed E-state index contributed by atoms with van der Waals surface area (Å²) in [6, 6.07) is 7.56. The summed E-state index contributed by atoms with van der Waals surface area (Å²) in [7, 11) is 0. The summed E-state index contributed by atoms with van der Waals surface area (Å²) in [5.74, 6) is 0.602. The van der Waals surface area contributed by atoms with Crippen molar-refractivity contribution in [2.45, 2.75) is 12.8 Å². The van der Waals surface area contributed by atoms with Gasteiger partial charge in [0.1, 0.15) is 5.82 Å². The maximum atomic E-state index is 12.7. The van der Waals surface area contributed by atoms with Gasteiger partial charge in [0.05, 0.1) is 24.2 Å². The number of nitrogens with one attached hydrogen (secondary N) is 3. The molecule has 32 heavy (non-hydrogen) atoms. The number of anilines is 2. The molecule has 3 N–H and O–H groups in total. The first-order valence-corrected chi connectivity index (χ1v) is 11.7. The quantitative estimate of drug-likeness (QED) is 0.580. The zero-order valence-corrected chi connectivity index (χ0v) is 19.3. The Morgan fingerprint density at radius 2 is 1.91 bits per heavy atom. The monoisotopic (exact) mass is 478 g/mol. The number of pyridine rings is 1. The van der Waals surface area contributed by atoms with Gasteiger partial charge in [-0.1, -0.05) is 23.2 Å². The van der Waals surface area contributed by atoms with Crippen molar-refractivity contribution < 1.29 is 14.3 Å². The number of ether oxygens (including phenoxy) is 2. The van der Waals surface area contributed by atoms with Crippen molar-refractivity contribution in [2.24, 2.45) is 11.8 Å². The highest BCUT2D eigenvalue weighted by atomic mass is 35.5. The molecule has 1 aromatic heterocycles. The molecule has 7 nitrogen and oxygen atoms in total. The van der Waals surface area contributed by atoms with Gasteiger partial charge in [0.2, 0.25) is 5.91 Å². The van der Waals surface area contributed by atoms with E-state index in [2.05, 4.69) is 20.9 Å². The summed E-state index contributed by atoms with van der Waals surface area (Å²) in [5.41, 5.74) is 2.47. The van der Waals surface area contributed by atoms with E-state index in [0.717, 1.165) is 50.4 Å². The molecular weight excluding hydrogens is 451 g/mol. The molecule has 2 aliphatic heterocycles. The number of halogens is 2. The van der Waals surface area contributed by atoms with E-state index in [1.54, 1.807) is 6.07 Å². The molecule has 2 aromatic rings. The van der Waals surface area contributed by atoms with Gasteiger partial charge in [-0.05, 0) is 43.0 Å². The van der Waals surface area contributed by atoms with Crippen LogP contribution in [0.2, 0.25) is 10.0 Å². The van der Waals surface area contributed by atoms with Crippen molar-refractivity contribution in [3.63, 3.8) is 0 Å². The molecule has 0 unspecified atom stereocenters. The normalized spacial score (nSPS) is 19.9. The second kappa shape index (κ2) is 11.3. The van der Waals surface area contributed by atoms with Crippen molar-refractivity contribution in [3.8, 4) is 11.1 Å². The maximum Gasteiger partial charge on any atom is 0.232 e. The predicted molar refractivity (Wildman–Crippen MR) is 128 cm³/mol. The van der Waals surface area contributed by atoms with Crippen LogP contribution in [0, 0.1) is 11.8 Å². The van der Waals surface area contributed by atoms with Crippen LogP contribution in [0.25, 0.3) is 11.1 Å². The molecule has 172 valence electrons.